The number of aliphatic carboxylic acids is 1. The molecule has 0 aliphatic heterocycles. The number of aryl methyl sites for hydroxylation is 1. The molecule has 0 aliphatic rings. The van der Waals surface area contributed by atoms with Crippen molar-refractivity contribution in [3.8, 4) is 0 Å². The van der Waals surface area contributed by atoms with Crippen molar-refractivity contribution in [2.24, 2.45) is 0 Å². The van der Waals surface area contributed by atoms with E-state index in [-0.39, 0.29) is 17.2 Å². The number of carbonyl (C=O) groups excluding carboxylic acids is 1. The standard InChI is InChI=1S/C15H22N2O3S/c1-15(2,21-3)10-16-14(20)17-12-6-4-5-11(9-12)7-8-13(18)19/h4-6,9H,7-8,10H2,1-3H3,(H,18,19)(H2,16,17,20). The van der Waals surface area contributed by atoms with E-state index in [0.29, 0.717) is 18.7 Å². The summed E-state index contributed by atoms with van der Waals surface area (Å²) in [5.41, 5.74) is 1.55. The first-order valence-electron chi connectivity index (χ1n) is 6.73. The van der Waals surface area contributed by atoms with Crippen LogP contribution in [-0.2, 0) is 11.2 Å². The number of nitrogens with one attached hydrogen (secondary N) is 2. The van der Waals surface area contributed by atoms with E-state index < -0.39 is 5.97 Å². The van der Waals surface area contributed by atoms with Gasteiger partial charge in [0, 0.05) is 23.4 Å². The third-order valence-electron chi connectivity index (χ3n) is 3.04. The SMILES string of the molecule is CSC(C)(C)CNC(=O)Nc1cccc(CCC(=O)O)c1. The molecule has 6 heteroatoms. The van der Waals surface area contributed by atoms with E-state index in [2.05, 4.69) is 24.5 Å². The highest BCUT2D eigenvalue weighted by Gasteiger charge is 2.16. The van der Waals surface area contributed by atoms with Crippen molar-refractivity contribution < 1.29 is 14.7 Å². The van der Waals surface area contributed by atoms with E-state index in [0.717, 1.165) is 5.56 Å². The summed E-state index contributed by atoms with van der Waals surface area (Å²) in [6.07, 6.45) is 2.54. The zero-order valence-electron chi connectivity index (χ0n) is 12.6. The number of urea groups is 1. The number of carbonyl (C=O) groups is 2. The molecule has 2 amide bonds. The second kappa shape index (κ2) is 7.93. The van der Waals surface area contributed by atoms with Gasteiger partial charge in [-0.25, -0.2) is 4.79 Å². The molecule has 0 atom stereocenters. The Balaban J connectivity index is 2.52. The number of thioether (sulfide) groups is 1. The van der Waals surface area contributed by atoms with Gasteiger partial charge in [-0.3, -0.25) is 4.79 Å². The van der Waals surface area contributed by atoms with Crippen molar-refractivity contribution in [2.45, 2.75) is 31.4 Å². The monoisotopic (exact) mass is 310 g/mol. The van der Waals surface area contributed by atoms with Gasteiger partial charge in [-0.2, -0.15) is 11.8 Å². The number of rotatable bonds is 7. The van der Waals surface area contributed by atoms with E-state index in [9.17, 15) is 9.59 Å². The quantitative estimate of drug-likeness (QED) is 0.723. The third-order valence-corrected chi connectivity index (χ3v) is 4.29. The Morgan fingerprint density at radius 2 is 2.05 bits per heavy atom. The number of anilines is 1. The van der Waals surface area contributed by atoms with Gasteiger partial charge in [-0.05, 0) is 44.2 Å². The Morgan fingerprint density at radius 3 is 2.67 bits per heavy atom. The maximum atomic E-state index is 11.8. The van der Waals surface area contributed by atoms with Crippen LogP contribution in [-0.4, -0.2) is 34.7 Å². The van der Waals surface area contributed by atoms with E-state index in [1.54, 1.807) is 30.0 Å². The molecule has 1 aromatic rings. The van der Waals surface area contributed by atoms with E-state index in [1.165, 1.54) is 0 Å². The van der Waals surface area contributed by atoms with Gasteiger partial charge in [0.15, 0.2) is 0 Å². The van der Waals surface area contributed by atoms with Gasteiger partial charge in [0.2, 0.25) is 0 Å². The number of carboxylic acid groups (broad SMARTS) is 1. The highest BCUT2D eigenvalue weighted by atomic mass is 32.2. The van der Waals surface area contributed by atoms with Gasteiger partial charge in [0.25, 0.3) is 0 Å². The van der Waals surface area contributed by atoms with Crippen LogP contribution in [0.2, 0.25) is 0 Å². The Kier molecular flexibility index (Phi) is 6.55. The Hall–Kier alpha value is -1.69. The fourth-order valence-electron chi connectivity index (χ4n) is 1.60. The number of carboxylic acids is 1. The summed E-state index contributed by atoms with van der Waals surface area (Å²) in [4.78, 5) is 22.4. The zero-order valence-corrected chi connectivity index (χ0v) is 13.4. The van der Waals surface area contributed by atoms with E-state index in [1.807, 2.05) is 12.3 Å². The van der Waals surface area contributed by atoms with Crippen molar-refractivity contribution in [1.82, 2.24) is 5.32 Å². The van der Waals surface area contributed by atoms with Crippen molar-refractivity contribution in [1.29, 1.82) is 0 Å². The zero-order chi connectivity index (χ0) is 15.9. The van der Waals surface area contributed by atoms with Crippen molar-refractivity contribution >= 4 is 29.4 Å². The average molecular weight is 310 g/mol. The lowest BCUT2D eigenvalue weighted by Gasteiger charge is -2.22. The maximum Gasteiger partial charge on any atom is 0.319 e. The Morgan fingerprint density at radius 1 is 1.33 bits per heavy atom. The largest absolute Gasteiger partial charge is 0.481 e. The summed E-state index contributed by atoms with van der Waals surface area (Å²) in [6, 6.07) is 6.97. The molecule has 0 fully saturated rings. The highest BCUT2D eigenvalue weighted by molar-refractivity contribution is 7.99. The van der Waals surface area contributed by atoms with Crippen LogP contribution in [0.5, 0.6) is 0 Å². The molecule has 0 saturated heterocycles. The molecule has 116 valence electrons. The van der Waals surface area contributed by atoms with E-state index >= 15 is 0 Å². The van der Waals surface area contributed by atoms with Crippen LogP contribution in [0.4, 0.5) is 10.5 Å². The minimum absolute atomic E-state index is 0.0132. The van der Waals surface area contributed by atoms with Gasteiger partial charge in [-0.1, -0.05) is 12.1 Å². The molecule has 0 saturated carbocycles. The van der Waals surface area contributed by atoms with Crippen LogP contribution >= 0.6 is 11.8 Å². The first-order valence-corrected chi connectivity index (χ1v) is 7.95. The second-order valence-electron chi connectivity index (χ2n) is 5.37. The van der Waals surface area contributed by atoms with Crippen LogP contribution < -0.4 is 10.6 Å². The summed E-state index contributed by atoms with van der Waals surface area (Å²) in [6.45, 7) is 4.69. The minimum Gasteiger partial charge on any atom is -0.481 e. The topological polar surface area (TPSA) is 78.4 Å². The molecule has 1 rings (SSSR count). The molecule has 0 heterocycles. The summed E-state index contributed by atoms with van der Waals surface area (Å²) < 4.78 is -0.0132. The summed E-state index contributed by atoms with van der Waals surface area (Å²) in [7, 11) is 0. The van der Waals surface area contributed by atoms with Crippen LogP contribution in [0.1, 0.15) is 25.8 Å². The van der Waals surface area contributed by atoms with Crippen LogP contribution in [0.25, 0.3) is 0 Å². The first kappa shape index (κ1) is 17.4. The molecule has 3 N–H and O–H groups in total. The molecule has 0 bridgehead atoms. The Bertz CT molecular complexity index is 503. The number of hydrogen-bond donors (Lipinski definition) is 3. The van der Waals surface area contributed by atoms with Crippen molar-refractivity contribution in [3.05, 3.63) is 29.8 Å². The first-order chi connectivity index (χ1) is 9.82. The second-order valence-corrected chi connectivity index (χ2v) is 6.88. The highest BCUT2D eigenvalue weighted by Crippen LogP contribution is 2.19. The molecule has 0 aliphatic carbocycles. The van der Waals surface area contributed by atoms with Crippen LogP contribution in [0, 0.1) is 0 Å². The van der Waals surface area contributed by atoms with E-state index in [4.69, 9.17) is 5.11 Å². The molecule has 0 unspecified atom stereocenters. The van der Waals surface area contributed by atoms with Gasteiger partial charge < -0.3 is 15.7 Å². The number of amides is 2. The molecule has 5 nitrogen and oxygen atoms in total. The molecule has 0 radical (unpaired) electrons. The molecular formula is C15H22N2O3S. The number of hydrogen-bond acceptors (Lipinski definition) is 3. The number of benzene rings is 1. The molecule has 0 spiro atoms. The fourth-order valence-corrected chi connectivity index (χ4v) is 1.81. The van der Waals surface area contributed by atoms with Gasteiger partial charge >= 0.3 is 12.0 Å². The summed E-state index contributed by atoms with van der Waals surface area (Å²) in [5.74, 6) is -0.828. The van der Waals surface area contributed by atoms with Crippen LogP contribution in [0.3, 0.4) is 0 Å². The van der Waals surface area contributed by atoms with Gasteiger partial charge in [-0.15, -0.1) is 0 Å². The normalized spacial score (nSPS) is 11.0. The smallest absolute Gasteiger partial charge is 0.319 e. The Labute approximate surface area is 129 Å². The molecule has 0 aromatic heterocycles. The van der Waals surface area contributed by atoms with Gasteiger partial charge in [0.1, 0.15) is 0 Å². The molecular weight excluding hydrogens is 288 g/mol. The average Bonchev–Trinajstić information content (AvgIpc) is 2.43. The lowest BCUT2D eigenvalue weighted by Crippen LogP contribution is -2.38. The third kappa shape index (κ3) is 7.04. The van der Waals surface area contributed by atoms with Crippen molar-refractivity contribution in [2.75, 3.05) is 18.1 Å². The lowest BCUT2D eigenvalue weighted by atomic mass is 10.1. The molecule has 1 aromatic carbocycles. The van der Waals surface area contributed by atoms with Crippen LogP contribution in [0.15, 0.2) is 24.3 Å². The maximum absolute atomic E-state index is 11.8. The summed E-state index contributed by atoms with van der Waals surface area (Å²) in [5, 5.41) is 14.3. The fraction of sp³-hybridized carbons (Fsp3) is 0.467. The lowest BCUT2D eigenvalue weighted by molar-refractivity contribution is -0.136. The van der Waals surface area contributed by atoms with Gasteiger partial charge in [0.05, 0.1) is 0 Å². The predicted molar refractivity (Wildman–Crippen MR) is 87.0 cm³/mol. The predicted octanol–water partition coefficient (Wildman–Crippen LogP) is 2.97. The minimum atomic E-state index is -0.828. The van der Waals surface area contributed by atoms with Crippen molar-refractivity contribution in [3.63, 3.8) is 0 Å². The molecule has 21 heavy (non-hydrogen) atoms. The summed E-state index contributed by atoms with van der Waals surface area (Å²) >= 11 is 1.69.